The summed E-state index contributed by atoms with van der Waals surface area (Å²) < 4.78 is 27.0. The van der Waals surface area contributed by atoms with E-state index < -0.39 is 23.5 Å². The van der Waals surface area contributed by atoms with Crippen LogP contribution in [-0.2, 0) is 41.5 Å². The fraction of sp³-hybridized carbons (Fsp3) is 0.674. The summed E-state index contributed by atoms with van der Waals surface area (Å²) in [5.41, 5.74) is 17.5. The van der Waals surface area contributed by atoms with Crippen LogP contribution in [0.4, 0.5) is 11.4 Å². The molecule has 5 fully saturated rings. The third-order valence-corrected chi connectivity index (χ3v) is 14.1. The number of cyclic esters (lactones) is 1. The molecule has 0 spiro atoms. The van der Waals surface area contributed by atoms with Gasteiger partial charge in [0.15, 0.2) is 0 Å². The smallest absolute Gasteiger partial charge is 0.324 e. The number of nitrogens with two attached hydrogens (primary N) is 1. The second-order valence-corrected chi connectivity index (χ2v) is 18.8. The molecule has 6 aliphatic rings. The van der Waals surface area contributed by atoms with E-state index in [0.717, 1.165) is 72.6 Å². The number of nitrogens with zero attached hydrogens (tertiary/aromatic N) is 7. The number of nitrogens with one attached hydrogen (secondary N) is 1. The van der Waals surface area contributed by atoms with E-state index in [4.69, 9.17) is 29.7 Å². The van der Waals surface area contributed by atoms with Crippen molar-refractivity contribution in [3.8, 4) is 11.3 Å². The number of hydrogen-bond donors (Lipinski definition) is 2. The minimum absolute atomic E-state index is 0.213. The zero-order chi connectivity index (χ0) is 42.4. The summed E-state index contributed by atoms with van der Waals surface area (Å²) in [5, 5.41) is 2.72. The Morgan fingerprint density at radius 2 is 1.74 bits per heavy atom. The Morgan fingerprint density at radius 3 is 2.48 bits per heavy atom. The van der Waals surface area contributed by atoms with E-state index in [-0.39, 0.29) is 30.7 Å². The number of fused-ring (bicyclic) bond motifs is 6. The predicted octanol–water partition coefficient (Wildman–Crippen LogP) is 3.57. The SMILES string of the molecule is CCn1c(-c2cc(N3CCN(C4CC4)CC3)cnc2[C@H](C)OC)c2c3cc(ccc31)N1CCO[C@H](C1)[C@@H](N1CCOCC1)[C@H](N)C(=O)N1CCC[C@H](N1)C(=O)OCC(C)(C)C2. The number of esters is 1. The monoisotopic (exact) mass is 842 g/mol. The third-order valence-electron chi connectivity index (χ3n) is 14.1. The molecule has 3 aromatic rings. The molecule has 5 aliphatic heterocycles. The number of anilines is 2. The number of ether oxygens (including phenoxy) is 4. The summed E-state index contributed by atoms with van der Waals surface area (Å²) in [6.07, 6.45) is 6.00. The average molecular weight is 842 g/mol. The van der Waals surface area contributed by atoms with Crippen molar-refractivity contribution in [3.63, 3.8) is 0 Å². The maximum Gasteiger partial charge on any atom is 0.324 e. The maximum atomic E-state index is 14.3. The lowest BCUT2D eigenvalue weighted by molar-refractivity contribution is -0.156. The fourth-order valence-electron chi connectivity index (χ4n) is 10.5. The van der Waals surface area contributed by atoms with Gasteiger partial charge in [-0.25, -0.2) is 5.43 Å². The van der Waals surface area contributed by atoms with Crippen molar-refractivity contribution in [2.75, 3.05) is 102 Å². The second kappa shape index (κ2) is 17.7. The quantitative estimate of drug-likeness (QED) is 0.335. The van der Waals surface area contributed by atoms with Gasteiger partial charge in [-0.1, -0.05) is 13.8 Å². The highest BCUT2D eigenvalue weighted by molar-refractivity contribution is 5.95. The van der Waals surface area contributed by atoms with Gasteiger partial charge in [0.25, 0.3) is 5.91 Å². The number of aryl methyl sites for hydroxylation is 1. The number of hydrazine groups is 1. The number of methoxy groups -OCH3 is 1. The van der Waals surface area contributed by atoms with Gasteiger partial charge in [-0.15, -0.1) is 0 Å². The number of benzene rings is 1. The highest BCUT2D eigenvalue weighted by Crippen LogP contribution is 2.43. The second-order valence-electron chi connectivity index (χ2n) is 18.8. The summed E-state index contributed by atoms with van der Waals surface area (Å²) in [6, 6.07) is 8.03. The van der Waals surface area contributed by atoms with Crippen molar-refractivity contribution in [1.29, 1.82) is 0 Å². The normalized spacial score (nSPS) is 27.9. The van der Waals surface area contributed by atoms with Gasteiger partial charge in [0.2, 0.25) is 0 Å². The van der Waals surface area contributed by atoms with Gasteiger partial charge in [-0.05, 0) is 75.8 Å². The summed E-state index contributed by atoms with van der Waals surface area (Å²) in [7, 11) is 1.75. The molecule has 332 valence electrons. The van der Waals surface area contributed by atoms with E-state index in [1.54, 1.807) is 12.1 Å². The molecule has 4 saturated heterocycles. The van der Waals surface area contributed by atoms with Crippen LogP contribution < -0.4 is 21.0 Å². The highest BCUT2D eigenvalue weighted by atomic mass is 16.5. The summed E-state index contributed by atoms with van der Waals surface area (Å²) in [4.78, 5) is 43.2. The topological polar surface area (TPSA) is 143 Å². The van der Waals surface area contributed by atoms with Gasteiger partial charge >= 0.3 is 5.97 Å². The Kier molecular flexibility index (Phi) is 12.4. The Labute approximate surface area is 360 Å². The standard InChI is InChI=1S/C46H67N9O6/c1-6-54-38-12-11-32-24-34(38)36(42(54)35-25-33(27-48-41(35)30(2)58-5)51-16-14-50(15-17-51)31-9-10-31)26-46(3,4)29-61-45(57)37-8-7-13-55(49-37)44(56)40(47)43(52-18-21-59-22-19-52)39-28-53(32)20-23-60-39/h11-12,24-25,27,30-31,37,39-40,43,49H,6-10,13-23,26,28-29,47H2,1-5H3/t30-,37-,39+,40-,43+/m0/s1. The van der Waals surface area contributed by atoms with Crippen molar-refractivity contribution < 1.29 is 28.5 Å². The summed E-state index contributed by atoms with van der Waals surface area (Å²) >= 11 is 0. The Bertz CT molecular complexity index is 2060. The molecule has 2 aromatic heterocycles. The van der Waals surface area contributed by atoms with Crippen molar-refractivity contribution >= 4 is 34.2 Å². The zero-order valence-electron chi connectivity index (χ0n) is 36.9. The number of hydrogen-bond acceptors (Lipinski definition) is 13. The maximum absolute atomic E-state index is 14.3. The highest BCUT2D eigenvalue weighted by Gasteiger charge is 2.43. The molecule has 5 atom stereocenters. The van der Waals surface area contributed by atoms with Crippen LogP contribution >= 0.6 is 0 Å². The van der Waals surface area contributed by atoms with E-state index in [0.29, 0.717) is 71.8 Å². The van der Waals surface area contributed by atoms with Crippen LogP contribution in [-0.4, -0.2) is 159 Å². The Hall–Kier alpha value is -3.83. The van der Waals surface area contributed by atoms with Crippen LogP contribution in [0, 0.1) is 5.41 Å². The molecular formula is C46H67N9O6. The van der Waals surface area contributed by atoms with Crippen molar-refractivity contribution in [2.24, 2.45) is 11.1 Å². The Morgan fingerprint density at radius 1 is 0.951 bits per heavy atom. The average Bonchev–Trinajstić information content (AvgIpc) is 4.11. The predicted molar refractivity (Wildman–Crippen MR) is 235 cm³/mol. The molecule has 0 unspecified atom stereocenters. The minimum atomic E-state index is -0.881. The van der Waals surface area contributed by atoms with Crippen molar-refractivity contribution in [1.82, 2.24) is 29.8 Å². The van der Waals surface area contributed by atoms with Gasteiger partial charge in [-0.2, -0.15) is 0 Å². The van der Waals surface area contributed by atoms with Crippen LogP contribution in [0.25, 0.3) is 22.2 Å². The van der Waals surface area contributed by atoms with Gasteiger partial charge in [0, 0.05) is 106 Å². The van der Waals surface area contributed by atoms with Gasteiger partial charge in [0.05, 0.1) is 67.9 Å². The van der Waals surface area contributed by atoms with Gasteiger partial charge in [0.1, 0.15) is 12.1 Å². The number of carbonyl (C=O) groups excluding carboxylic acids is 2. The van der Waals surface area contributed by atoms with E-state index >= 15 is 0 Å². The molecule has 61 heavy (non-hydrogen) atoms. The molecule has 15 heteroatoms. The molecule has 0 radical (unpaired) electrons. The largest absolute Gasteiger partial charge is 0.464 e. The molecule has 1 saturated carbocycles. The van der Waals surface area contributed by atoms with Gasteiger partial charge in [-0.3, -0.25) is 29.4 Å². The number of rotatable bonds is 7. The van der Waals surface area contributed by atoms with Crippen LogP contribution in [0.2, 0.25) is 0 Å². The molecule has 15 nitrogen and oxygen atoms in total. The van der Waals surface area contributed by atoms with Crippen molar-refractivity contribution in [2.45, 2.75) is 103 Å². The van der Waals surface area contributed by atoms with Crippen molar-refractivity contribution in [3.05, 3.63) is 41.7 Å². The zero-order valence-corrected chi connectivity index (χ0v) is 36.9. The van der Waals surface area contributed by atoms with Crippen LogP contribution in [0.5, 0.6) is 0 Å². The lowest BCUT2D eigenvalue weighted by atomic mass is 9.84. The summed E-state index contributed by atoms with van der Waals surface area (Å²) in [5.74, 6) is -0.596. The third kappa shape index (κ3) is 8.63. The number of morpholine rings is 2. The lowest BCUT2D eigenvalue weighted by Gasteiger charge is -2.46. The fourth-order valence-corrected chi connectivity index (χ4v) is 10.5. The molecule has 7 heterocycles. The first-order valence-electron chi connectivity index (χ1n) is 22.9. The van der Waals surface area contributed by atoms with Gasteiger partial charge < -0.3 is 39.0 Å². The lowest BCUT2D eigenvalue weighted by Crippen LogP contribution is -2.68. The summed E-state index contributed by atoms with van der Waals surface area (Å²) in [6.45, 7) is 18.4. The van der Waals surface area contributed by atoms with Crippen LogP contribution in [0.1, 0.15) is 70.7 Å². The molecule has 6 bridgehead atoms. The number of pyridine rings is 1. The molecule has 1 amide bonds. The number of aromatic nitrogens is 2. The van der Waals surface area contributed by atoms with Crippen LogP contribution in [0.15, 0.2) is 30.5 Å². The molecule has 3 N–H and O–H groups in total. The number of piperazine rings is 1. The van der Waals surface area contributed by atoms with E-state index in [1.807, 2.05) is 6.20 Å². The molecule has 9 rings (SSSR count). The van der Waals surface area contributed by atoms with E-state index in [1.165, 1.54) is 23.8 Å². The first kappa shape index (κ1) is 42.5. The Balaban J connectivity index is 1.16. The van der Waals surface area contributed by atoms with E-state index in [9.17, 15) is 9.59 Å². The van der Waals surface area contributed by atoms with Crippen LogP contribution in [0.3, 0.4) is 0 Å². The number of carbonyl (C=O) groups is 2. The van der Waals surface area contributed by atoms with E-state index in [2.05, 4.69) is 81.6 Å². The number of amides is 1. The first-order valence-corrected chi connectivity index (χ1v) is 22.9. The molecular weight excluding hydrogens is 775 g/mol. The molecule has 1 aromatic carbocycles. The first-order chi connectivity index (χ1) is 29.5. The molecule has 1 aliphatic carbocycles. The minimum Gasteiger partial charge on any atom is -0.464 e.